The van der Waals surface area contributed by atoms with Crippen LogP contribution in [0.15, 0.2) is 23.1 Å². The maximum Gasteiger partial charge on any atom is 0.253 e. The molecule has 0 aromatic heterocycles. The van der Waals surface area contributed by atoms with Gasteiger partial charge in [0.15, 0.2) is 0 Å². The average molecular weight is 251 g/mol. The standard InChI is InChI=1S/C11H13N3O2S/c1-7-2-3-8-9(4-7)17-6-11(16)14(8)5-10(15)13-12/h2-4H,5-6,12H2,1H3,(H,13,15). The zero-order valence-corrected chi connectivity index (χ0v) is 10.2. The van der Waals surface area contributed by atoms with E-state index in [1.54, 1.807) is 0 Å². The number of hydrazine groups is 1. The molecule has 17 heavy (non-hydrogen) atoms. The molecule has 0 saturated carbocycles. The Balaban J connectivity index is 2.33. The van der Waals surface area contributed by atoms with Crippen LogP contribution in [0.1, 0.15) is 5.56 Å². The number of hydrogen-bond donors (Lipinski definition) is 2. The molecular weight excluding hydrogens is 238 g/mol. The minimum absolute atomic E-state index is 0.0358. The van der Waals surface area contributed by atoms with Crippen LogP contribution in [0.4, 0.5) is 5.69 Å². The monoisotopic (exact) mass is 251 g/mol. The molecular formula is C11H13N3O2S. The molecule has 1 aromatic rings. The summed E-state index contributed by atoms with van der Waals surface area (Å²) in [5.74, 6) is 4.94. The minimum Gasteiger partial charge on any atom is -0.301 e. The lowest BCUT2D eigenvalue weighted by molar-refractivity contribution is -0.123. The minimum atomic E-state index is -0.378. The van der Waals surface area contributed by atoms with E-state index in [9.17, 15) is 9.59 Å². The average Bonchev–Trinajstić information content (AvgIpc) is 2.32. The van der Waals surface area contributed by atoms with Crippen molar-refractivity contribution in [3.8, 4) is 0 Å². The number of anilines is 1. The van der Waals surface area contributed by atoms with Gasteiger partial charge in [0.2, 0.25) is 5.91 Å². The smallest absolute Gasteiger partial charge is 0.253 e. The molecule has 90 valence electrons. The molecule has 0 fully saturated rings. The highest BCUT2D eigenvalue weighted by Crippen LogP contribution is 2.35. The molecule has 1 aliphatic rings. The second kappa shape index (κ2) is 4.77. The molecule has 5 nitrogen and oxygen atoms in total. The highest BCUT2D eigenvalue weighted by molar-refractivity contribution is 8.00. The Bertz CT molecular complexity index is 476. The van der Waals surface area contributed by atoms with Crippen molar-refractivity contribution < 1.29 is 9.59 Å². The van der Waals surface area contributed by atoms with Crippen LogP contribution in [-0.4, -0.2) is 24.1 Å². The van der Waals surface area contributed by atoms with Gasteiger partial charge in [0.1, 0.15) is 6.54 Å². The summed E-state index contributed by atoms with van der Waals surface area (Å²) in [5, 5.41) is 0. The number of hydrogen-bond acceptors (Lipinski definition) is 4. The van der Waals surface area contributed by atoms with Crippen LogP contribution in [0.5, 0.6) is 0 Å². The van der Waals surface area contributed by atoms with E-state index in [1.807, 2.05) is 30.5 Å². The topological polar surface area (TPSA) is 75.4 Å². The van der Waals surface area contributed by atoms with Crippen molar-refractivity contribution in [1.29, 1.82) is 0 Å². The molecule has 2 rings (SSSR count). The van der Waals surface area contributed by atoms with Crippen LogP contribution in [0.3, 0.4) is 0 Å². The van der Waals surface area contributed by atoms with Crippen molar-refractivity contribution in [3.05, 3.63) is 23.8 Å². The lowest BCUT2D eigenvalue weighted by Crippen LogP contribution is -2.45. The van der Waals surface area contributed by atoms with E-state index in [2.05, 4.69) is 0 Å². The molecule has 0 spiro atoms. The number of amides is 2. The quantitative estimate of drug-likeness (QED) is 0.454. The Morgan fingerprint density at radius 2 is 2.35 bits per heavy atom. The van der Waals surface area contributed by atoms with Crippen LogP contribution < -0.4 is 16.2 Å². The highest BCUT2D eigenvalue weighted by atomic mass is 32.2. The summed E-state index contributed by atoms with van der Waals surface area (Å²) < 4.78 is 0. The second-order valence-corrected chi connectivity index (χ2v) is 4.82. The number of nitrogens with two attached hydrogens (primary N) is 1. The van der Waals surface area contributed by atoms with Crippen molar-refractivity contribution in [2.45, 2.75) is 11.8 Å². The molecule has 2 amide bonds. The molecule has 1 heterocycles. The third kappa shape index (κ3) is 2.42. The summed E-state index contributed by atoms with van der Waals surface area (Å²) in [6.07, 6.45) is 0. The lowest BCUT2D eigenvalue weighted by atomic mass is 10.2. The van der Waals surface area contributed by atoms with Crippen molar-refractivity contribution in [2.24, 2.45) is 5.84 Å². The van der Waals surface area contributed by atoms with E-state index in [1.165, 1.54) is 16.7 Å². The van der Waals surface area contributed by atoms with Gasteiger partial charge in [-0.05, 0) is 24.6 Å². The fourth-order valence-electron chi connectivity index (χ4n) is 1.67. The van der Waals surface area contributed by atoms with E-state index in [4.69, 9.17) is 5.84 Å². The van der Waals surface area contributed by atoms with Crippen LogP contribution >= 0.6 is 11.8 Å². The number of carbonyl (C=O) groups is 2. The van der Waals surface area contributed by atoms with Gasteiger partial charge in [0.05, 0.1) is 11.4 Å². The van der Waals surface area contributed by atoms with Gasteiger partial charge in [-0.2, -0.15) is 0 Å². The third-order valence-corrected chi connectivity index (χ3v) is 3.55. The first kappa shape index (κ1) is 11.9. The molecule has 1 aliphatic heterocycles. The summed E-state index contributed by atoms with van der Waals surface area (Å²) >= 11 is 1.50. The van der Waals surface area contributed by atoms with E-state index < -0.39 is 0 Å². The molecule has 6 heteroatoms. The van der Waals surface area contributed by atoms with Crippen LogP contribution in [0.25, 0.3) is 0 Å². The van der Waals surface area contributed by atoms with Crippen molar-refractivity contribution >= 4 is 29.3 Å². The normalized spacial score (nSPS) is 14.5. The van der Waals surface area contributed by atoms with Crippen molar-refractivity contribution in [2.75, 3.05) is 17.2 Å². The van der Waals surface area contributed by atoms with Crippen molar-refractivity contribution in [3.63, 3.8) is 0 Å². The number of nitrogens with zero attached hydrogens (tertiary/aromatic N) is 1. The highest BCUT2D eigenvalue weighted by Gasteiger charge is 2.26. The zero-order chi connectivity index (χ0) is 12.4. The van der Waals surface area contributed by atoms with Gasteiger partial charge in [-0.25, -0.2) is 5.84 Å². The molecule has 0 bridgehead atoms. The van der Waals surface area contributed by atoms with E-state index in [0.717, 1.165) is 16.1 Å². The molecule has 1 aromatic carbocycles. The van der Waals surface area contributed by atoms with Crippen LogP contribution in [0, 0.1) is 6.92 Å². The lowest BCUT2D eigenvalue weighted by Gasteiger charge is -2.28. The van der Waals surface area contributed by atoms with Crippen LogP contribution in [-0.2, 0) is 9.59 Å². The Morgan fingerprint density at radius 3 is 3.06 bits per heavy atom. The fraction of sp³-hybridized carbons (Fsp3) is 0.273. The van der Waals surface area contributed by atoms with Gasteiger partial charge >= 0.3 is 0 Å². The number of carbonyl (C=O) groups excluding carboxylic acids is 2. The first-order valence-electron chi connectivity index (χ1n) is 5.15. The number of aryl methyl sites for hydroxylation is 1. The summed E-state index contributed by atoms with van der Waals surface area (Å²) in [6.45, 7) is 1.96. The van der Waals surface area contributed by atoms with Gasteiger partial charge in [-0.15, -0.1) is 11.8 Å². The molecule has 0 saturated heterocycles. The number of nitrogens with one attached hydrogen (secondary N) is 1. The Hall–Kier alpha value is -1.53. The van der Waals surface area contributed by atoms with E-state index in [-0.39, 0.29) is 18.4 Å². The third-order valence-electron chi connectivity index (χ3n) is 2.52. The molecule has 0 atom stereocenters. The van der Waals surface area contributed by atoms with Gasteiger partial charge in [-0.1, -0.05) is 6.07 Å². The largest absolute Gasteiger partial charge is 0.301 e. The first-order chi connectivity index (χ1) is 8.11. The Morgan fingerprint density at radius 1 is 1.59 bits per heavy atom. The fourth-order valence-corrected chi connectivity index (χ4v) is 2.70. The predicted octanol–water partition coefficient (Wildman–Crippen LogP) is 0.424. The Kier molecular flexibility index (Phi) is 3.35. The number of fused-ring (bicyclic) bond motifs is 1. The zero-order valence-electron chi connectivity index (χ0n) is 9.40. The predicted molar refractivity (Wildman–Crippen MR) is 66.6 cm³/mol. The SMILES string of the molecule is Cc1ccc2c(c1)SCC(=O)N2CC(=O)NN. The van der Waals surface area contributed by atoms with Crippen molar-refractivity contribution in [1.82, 2.24) is 5.43 Å². The van der Waals surface area contributed by atoms with Gasteiger partial charge in [0, 0.05) is 4.90 Å². The molecule has 3 N–H and O–H groups in total. The van der Waals surface area contributed by atoms with E-state index in [0.29, 0.717) is 5.75 Å². The summed E-state index contributed by atoms with van der Waals surface area (Å²) in [5.41, 5.74) is 3.95. The summed E-state index contributed by atoms with van der Waals surface area (Å²) in [4.78, 5) is 25.5. The first-order valence-corrected chi connectivity index (χ1v) is 6.13. The Labute approximate surface area is 103 Å². The van der Waals surface area contributed by atoms with Gasteiger partial charge in [-0.3, -0.25) is 15.0 Å². The molecule has 0 aliphatic carbocycles. The number of benzene rings is 1. The van der Waals surface area contributed by atoms with Gasteiger partial charge < -0.3 is 4.90 Å². The number of rotatable bonds is 2. The molecule has 0 radical (unpaired) electrons. The second-order valence-electron chi connectivity index (χ2n) is 3.81. The van der Waals surface area contributed by atoms with Gasteiger partial charge in [0.25, 0.3) is 5.91 Å². The summed E-state index contributed by atoms with van der Waals surface area (Å²) in [7, 11) is 0. The molecule has 0 unspecified atom stereocenters. The van der Waals surface area contributed by atoms with E-state index >= 15 is 0 Å². The maximum absolute atomic E-state index is 11.8. The summed E-state index contributed by atoms with van der Waals surface area (Å²) in [6, 6.07) is 5.80. The maximum atomic E-state index is 11.8. The van der Waals surface area contributed by atoms with Crippen LogP contribution in [0.2, 0.25) is 0 Å². The number of thioether (sulfide) groups is 1.